The minimum absolute atomic E-state index is 0.0357. The maximum atomic E-state index is 12.1. The molecule has 0 saturated carbocycles. The van der Waals surface area contributed by atoms with E-state index in [0.29, 0.717) is 25.9 Å². The monoisotopic (exact) mass is 320 g/mol. The second-order valence-corrected chi connectivity index (χ2v) is 7.24. The van der Waals surface area contributed by atoms with Crippen LogP contribution in [0.5, 0.6) is 0 Å². The molecule has 1 aliphatic heterocycles. The number of benzene rings is 1. The SMILES string of the molecule is CC(C)(C)OC(=O)N1CCC(C(O)(CN)c2ccccc2)CC1. The number of ether oxygens (including phenoxy) is 1. The van der Waals surface area contributed by atoms with Crippen LogP contribution in [-0.2, 0) is 10.3 Å². The smallest absolute Gasteiger partial charge is 0.410 e. The Morgan fingerprint density at radius 3 is 2.30 bits per heavy atom. The van der Waals surface area contributed by atoms with Gasteiger partial charge in [-0.25, -0.2) is 4.79 Å². The fraction of sp³-hybridized carbons (Fsp3) is 0.611. The van der Waals surface area contributed by atoms with Gasteiger partial charge in [0.25, 0.3) is 0 Å². The zero-order valence-electron chi connectivity index (χ0n) is 14.3. The van der Waals surface area contributed by atoms with E-state index in [1.807, 2.05) is 51.1 Å². The molecule has 1 unspecified atom stereocenters. The summed E-state index contributed by atoms with van der Waals surface area (Å²) in [5, 5.41) is 11.1. The third-order valence-electron chi connectivity index (χ3n) is 4.41. The van der Waals surface area contributed by atoms with Crippen LogP contribution in [0.3, 0.4) is 0 Å². The molecule has 5 nitrogen and oxygen atoms in total. The van der Waals surface area contributed by atoms with Crippen molar-refractivity contribution in [1.29, 1.82) is 0 Å². The first-order valence-electron chi connectivity index (χ1n) is 8.22. The van der Waals surface area contributed by atoms with E-state index in [0.717, 1.165) is 5.56 Å². The van der Waals surface area contributed by atoms with E-state index < -0.39 is 11.2 Å². The molecule has 3 N–H and O–H groups in total. The summed E-state index contributed by atoms with van der Waals surface area (Å²) in [6.45, 7) is 6.91. The maximum absolute atomic E-state index is 12.1. The van der Waals surface area contributed by atoms with Gasteiger partial charge >= 0.3 is 6.09 Å². The van der Waals surface area contributed by atoms with Crippen molar-refractivity contribution >= 4 is 6.09 Å². The van der Waals surface area contributed by atoms with E-state index in [1.54, 1.807) is 4.90 Å². The van der Waals surface area contributed by atoms with Gasteiger partial charge in [-0.1, -0.05) is 30.3 Å². The summed E-state index contributed by atoms with van der Waals surface area (Å²) < 4.78 is 5.41. The summed E-state index contributed by atoms with van der Waals surface area (Å²) in [6.07, 6.45) is 1.14. The molecule has 5 heteroatoms. The molecule has 0 aromatic heterocycles. The Labute approximate surface area is 138 Å². The molecule has 1 amide bonds. The van der Waals surface area contributed by atoms with Crippen LogP contribution in [0.25, 0.3) is 0 Å². The Kier molecular flexibility index (Phi) is 5.32. The molecule has 23 heavy (non-hydrogen) atoms. The standard InChI is InChI=1S/C18H28N2O3/c1-17(2,3)23-16(21)20-11-9-15(10-12-20)18(22,13-19)14-7-5-4-6-8-14/h4-8,15,22H,9-13,19H2,1-3H3. The molecule has 1 aromatic carbocycles. The fourth-order valence-corrected chi connectivity index (χ4v) is 3.11. The van der Waals surface area contributed by atoms with Crippen LogP contribution in [0.4, 0.5) is 4.79 Å². The highest BCUT2D eigenvalue weighted by atomic mass is 16.6. The molecular formula is C18H28N2O3. The highest BCUT2D eigenvalue weighted by Crippen LogP contribution is 2.36. The Balaban J connectivity index is 2.02. The number of hydrogen-bond donors (Lipinski definition) is 2. The van der Waals surface area contributed by atoms with Gasteiger partial charge in [0.2, 0.25) is 0 Å². The van der Waals surface area contributed by atoms with Crippen LogP contribution in [0.2, 0.25) is 0 Å². The number of rotatable bonds is 3. The van der Waals surface area contributed by atoms with E-state index >= 15 is 0 Å². The summed E-state index contributed by atoms with van der Waals surface area (Å²) >= 11 is 0. The molecule has 1 aromatic rings. The Bertz CT molecular complexity index is 519. The van der Waals surface area contributed by atoms with Crippen LogP contribution in [0.15, 0.2) is 30.3 Å². The summed E-state index contributed by atoms with van der Waals surface area (Å²) in [7, 11) is 0. The number of aliphatic hydroxyl groups is 1. The van der Waals surface area contributed by atoms with Gasteiger partial charge in [0.05, 0.1) is 0 Å². The largest absolute Gasteiger partial charge is 0.444 e. The number of nitrogens with zero attached hydrogens (tertiary/aromatic N) is 1. The third kappa shape index (κ3) is 4.24. The van der Waals surface area contributed by atoms with E-state index in [9.17, 15) is 9.90 Å². The predicted molar refractivity (Wildman–Crippen MR) is 89.9 cm³/mol. The number of nitrogens with two attached hydrogens (primary N) is 1. The average Bonchev–Trinajstić information content (AvgIpc) is 2.53. The number of amides is 1. The van der Waals surface area contributed by atoms with Crippen LogP contribution in [0.1, 0.15) is 39.2 Å². The lowest BCUT2D eigenvalue weighted by Crippen LogP contribution is -2.49. The first-order chi connectivity index (χ1) is 10.8. The Morgan fingerprint density at radius 2 is 1.83 bits per heavy atom. The van der Waals surface area contributed by atoms with E-state index in [2.05, 4.69) is 0 Å². The molecule has 1 saturated heterocycles. The lowest BCUT2D eigenvalue weighted by atomic mass is 9.76. The highest BCUT2D eigenvalue weighted by Gasteiger charge is 2.40. The zero-order valence-corrected chi connectivity index (χ0v) is 14.3. The Hall–Kier alpha value is -1.59. The molecule has 1 fully saturated rings. The van der Waals surface area contributed by atoms with Gasteiger partial charge in [-0.2, -0.15) is 0 Å². The quantitative estimate of drug-likeness (QED) is 0.897. The van der Waals surface area contributed by atoms with Crippen molar-refractivity contribution in [2.75, 3.05) is 19.6 Å². The van der Waals surface area contributed by atoms with Gasteiger partial charge in [-0.05, 0) is 45.1 Å². The molecule has 1 aliphatic rings. The number of likely N-dealkylation sites (tertiary alicyclic amines) is 1. The lowest BCUT2D eigenvalue weighted by molar-refractivity contribution is -0.0451. The highest BCUT2D eigenvalue weighted by molar-refractivity contribution is 5.68. The number of hydrogen-bond acceptors (Lipinski definition) is 4. The van der Waals surface area contributed by atoms with Gasteiger partial charge in [0, 0.05) is 19.6 Å². The molecule has 2 rings (SSSR count). The minimum atomic E-state index is -1.04. The molecule has 0 spiro atoms. The van der Waals surface area contributed by atoms with Gasteiger partial charge in [0.1, 0.15) is 11.2 Å². The van der Waals surface area contributed by atoms with Crippen molar-refractivity contribution in [3.05, 3.63) is 35.9 Å². The molecule has 0 aliphatic carbocycles. The van der Waals surface area contributed by atoms with Gasteiger partial charge in [-0.15, -0.1) is 0 Å². The van der Waals surface area contributed by atoms with Crippen LogP contribution in [-0.4, -0.2) is 41.3 Å². The van der Waals surface area contributed by atoms with Crippen molar-refractivity contribution < 1.29 is 14.6 Å². The van der Waals surface area contributed by atoms with Gasteiger partial charge in [0.15, 0.2) is 0 Å². The number of carbonyl (C=O) groups excluding carboxylic acids is 1. The normalized spacial score (nSPS) is 19.3. The molecule has 0 radical (unpaired) electrons. The molecule has 0 bridgehead atoms. The van der Waals surface area contributed by atoms with Crippen molar-refractivity contribution in [1.82, 2.24) is 4.90 Å². The molecule has 1 heterocycles. The van der Waals surface area contributed by atoms with E-state index in [-0.39, 0.29) is 18.6 Å². The third-order valence-corrected chi connectivity index (χ3v) is 4.41. The lowest BCUT2D eigenvalue weighted by Gasteiger charge is -2.41. The second-order valence-electron chi connectivity index (χ2n) is 7.24. The zero-order chi connectivity index (χ0) is 17.1. The first kappa shape index (κ1) is 17.8. The molecule has 128 valence electrons. The predicted octanol–water partition coefficient (Wildman–Crippen LogP) is 2.48. The fourth-order valence-electron chi connectivity index (χ4n) is 3.11. The van der Waals surface area contributed by atoms with Crippen LogP contribution < -0.4 is 5.73 Å². The van der Waals surface area contributed by atoms with E-state index in [1.165, 1.54) is 0 Å². The van der Waals surface area contributed by atoms with Gasteiger partial charge < -0.3 is 20.5 Å². The van der Waals surface area contributed by atoms with Crippen molar-refractivity contribution in [2.45, 2.75) is 44.8 Å². The second kappa shape index (κ2) is 6.89. The van der Waals surface area contributed by atoms with Crippen molar-refractivity contribution in [3.63, 3.8) is 0 Å². The van der Waals surface area contributed by atoms with Crippen LogP contribution in [0, 0.1) is 5.92 Å². The molecular weight excluding hydrogens is 292 g/mol. The summed E-state index contributed by atoms with van der Waals surface area (Å²) in [5.74, 6) is 0.0357. The minimum Gasteiger partial charge on any atom is -0.444 e. The Morgan fingerprint density at radius 1 is 1.26 bits per heavy atom. The summed E-state index contributed by atoms with van der Waals surface area (Å²) in [4.78, 5) is 13.8. The van der Waals surface area contributed by atoms with Gasteiger partial charge in [-0.3, -0.25) is 0 Å². The molecule has 1 atom stereocenters. The summed E-state index contributed by atoms with van der Waals surface area (Å²) in [5.41, 5.74) is 5.21. The first-order valence-corrected chi connectivity index (χ1v) is 8.22. The number of piperidine rings is 1. The van der Waals surface area contributed by atoms with E-state index in [4.69, 9.17) is 10.5 Å². The topological polar surface area (TPSA) is 75.8 Å². The van der Waals surface area contributed by atoms with Crippen LogP contribution >= 0.6 is 0 Å². The number of carbonyl (C=O) groups is 1. The van der Waals surface area contributed by atoms with Crippen molar-refractivity contribution in [2.24, 2.45) is 11.7 Å². The summed E-state index contributed by atoms with van der Waals surface area (Å²) in [6, 6.07) is 9.56. The van der Waals surface area contributed by atoms with Crippen molar-refractivity contribution in [3.8, 4) is 0 Å². The maximum Gasteiger partial charge on any atom is 0.410 e. The average molecular weight is 320 g/mol.